The zero-order chi connectivity index (χ0) is 14.3. The average Bonchev–Trinajstić information content (AvgIpc) is 3.18. The van der Waals surface area contributed by atoms with E-state index in [-0.39, 0.29) is 23.8 Å². The molecular weight excluding hydrogens is 261 g/mol. The van der Waals surface area contributed by atoms with Crippen LogP contribution < -0.4 is 0 Å². The number of furan rings is 1. The lowest BCUT2D eigenvalue weighted by Crippen LogP contribution is -2.35. The molecule has 1 aromatic heterocycles. The van der Waals surface area contributed by atoms with Crippen molar-refractivity contribution in [3.63, 3.8) is 0 Å². The molecule has 1 saturated carbocycles. The number of amides is 1. The molecule has 0 aliphatic heterocycles. The van der Waals surface area contributed by atoms with E-state index in [2.05, 4.69) is 0 Å². The second-order valence-electron chi connectivity index (χ2n) is 5.36. The standard InChI is InChI=1S/C15H16FNO3/c1-17(8-12(18)9-5-6-9)15(19)13-7-10-3-2-4-11(16)14(10)20-13/h2-4,7,9,12,18H,5-6,8H2,1H3. The van der Waals surface area contributed by atoms with Gasteiger partial charge in [0.05, 0.1) is 6.10 Å². The highest BCUT2D eigenvalue weighted by molar-refractivity contribution is 5.96. The van der Waals surface area contributed by atoms with E-state index in [1.54, 1.807) is 19.2 Å². The lowest BCUT2D eigenvalue weighted by Gasteiger charge is -2.19. The van der Waals surface area contributed by atoms with E-state index in [4.69, 9.17) is 4.42 Å². The number of rotatable bonds is 4. The topological polar surface area (TPSA) is 53.7 Å². The lowest BCUT2D eigenvalue weighted by atomic mass is 10.2. The first-order valence-electron chi connectivity index (χ1n) is 6.68. The fourth-order valence-corrected chi connectivity index (χ4v) is 2.31. The second kappa shape index (κ2) is 4.90. The van der Waals surface area contributed by atoms with Crippen LogP contribution in [0.2, 0.25) is 0 Å². The van der Waals surface area contributed by atoms with Crippen LogP contribution in [0.1, 0.15) is 23.4 Å². The maximum absolute atomic E-state index is 13.5. The first kappa shape index (κ1) is 13.1. The van der Waals surface area contributed by atoms with Gasteiger partial charge < -0.3 is 14.4 Å². The summed E-state index contributed by atoms with van der Waals surface area (Å²) < 4.78 is 18.8. The minimum absolute atomic E-state index is 0.0898. The Labute approximate surface area is 115 Å². The predicted octanol–water partition coefficient (Wildman–Crippen LogP) is 2.41. The summed E-state index contributed by atoms with van der Waals surface area (Å²) in [6.07, 6.45) is 1.53. The fourth-order valence-electron chi connectivity index (χ4n) is 2.31. The van der Waals surface area contributed by atoms with Crippen molar-refractivity contribution in [3.8, 4) is 0 Å². The monoisotopic (exact) mass is 277 g/mol. The summed E-state index contributed by atoms with van der Waals surface area (Å²) in [6.45, 7) is 0.267. The minimum atomic E-state index is -0.495. The van der Waals surface area contributed by atoms with Crippen LogP contribution in [0.3, 0.4) is 0 Å². The van der Waals surface area contributed by atoms with Crippen molar-refractivity contribution in [2.45, 2.75) is 18.9 Å². The van der Waals surface area contributed by atoms with Crippen LogP contribution in [0.4, 0.5) is 4.39 Å². The smallest absolute Gasteiger partial charge is 0.289 e. The maximum Gasteiger partial charge on any atom is 0.289 e. The summed E-state index contributed by atoms with van der Waals surface area (Å²) in [4.78, 5) is 13.6. The third-order valence-corrected chi connectivity index (χ3v) is 3.68. The van der Waals surface area contributed by atoms with Gasteiger partial charge in [-0.1, -0.05) is 12.1 Å². The summed E-state index contributed by atoms with van der Waals surface area (Å²) in [5.74, 6) is -0.434. The van der Waals surface area contributed by atoms with Crippen LogP contribution >= 0.6 is 0 Å². The van der Waals surface area contributed by atoms with Gasteiger partial charge in [-0.25, -0.2) is 4.39 Å². The molecule has 0 radical (unpaired) electrons. The van der Waals surface area contributed by atoms with Crippen LogP contribution in [-0.2, 0) is 0 Å². The predicted molar refractivity (Wildman–Crippen MR) is 71.9 cm³/mol. The molecule has 3 rings (SSSR count). The number of likely N-dealkylation sites (N-methyl/N-ethyl adjacent to an activating group) is 1. The van der Waals surface area contributed by atoms with Crippen LogP contribution in [0, 0.1) is 11.7 Å². The lowest BCUT2D eigenvalue weighted by molar-refractivity contribution is 0.0619. The van der Waals surface area contributed by atoms with Gasteiger partial charge in [-0.15, -0.1) is 0 Å². The van der Waals surface area contributed by atoms with Gasteiger partial charge in [0.2, 0.25) is 0 Å². The minimum Gasteiger partial charge on any atom is -0.448 e. The van der Waals surface area contributed by atoms with Gasteiger partial charge in [0, 0.05) is 19.0 Å². The number of hydrogen-bond acceptors (Lipinski definition) is 3. The van der Waals surface area contributed by atoms with Crippen molar-refractivity contribution in [2.24, 2.45) is 5.92 Å². The summed E-state index contributed by atoms with van der Waals surface area (Å²) in [6, 6.07) is 6.08. The maximum atomic E-state index is 13.5. The summed E-state index contributed by atoms with van der Waals surface area (Å²) >= 11 is 0. The molecule has 106 valence electrons. The third kappa shape index (κ3) is 2.41. The van der Waals surface area contributed by atoms with Crippen molar-refractivity contribution in [3.05, 3.63) is 35.8 Å². The van der Waals surface area contributed by atoms with Crippen LogP contribution in [0.5, 0.6) is 0 Å². The van der Waals surface area contributed by atoms with Crippen molar-refractivity contribution in [2.75, 3.05) is 13.6 Å². The Morgan fingerprint density at radius 3 is 2.95 bits per heavy atom. The molecule has 0 saturated heterocycles. The molecule has 0 spiro atoms. The SMILES string of the molecule is CN(CC(O)C1CC1)C(=O)c1cc2cccc(F)c2o1. The second-order valence-corrected chi connectivity index (χ2v) is 5.36. The number of para-hydroxylation sites is 1. The number of carbonyl (C=O) groups is 1. The Balaban J connectivity index is 1.79. The van der Waals surface area contributed by atoms with Gasteiger partial charge in [-0.3, -0.25) is 4.79 Å². The Hall–Kier alpha value is -1.88. The molecule has 1 aromatic carbocycles. The third-order valence-electron chi connectivity index (χ3n) is 3.68. The Kier molecular flexibility index (Phi) is 3.22. The molecule has 0 bridgehead atoms. The number of fused-ring (bicyclic) bond motifs is 1. The van der Waals surface area contributed by atoms with Gasteiger partial charge in [0.1, 0.15) is 0 Å². The molecule has 4 nitrogen and oxygen atoms in total. The van der Waals surface area contributed by atoms with Crippen LogP contribution in [0.25, 0.3) is 11.0 Å². The first-order chi connectivity index (χ1) is 9.56. The van der Waals surface area contributed by atoms with E-state index in [1.165, 1.54) is 17.0 Å². The number of aliphatic hydroxyl groups is 1. The number of aliphatic hydroxyl groups excluding tert-OH is 1. The normalized spacial score (nSPS) is 16.4. The van der Waals surface area contributed by atoms with Gasteiger partial charge in [0.15, 0.2) is 17.2 Å². The van der Waals surface area contributed by atoms with Gasteiger partial charge in [0.25, 0.3) is 5.91 Å². The molecule has 1 aliphatic carbocycles. The summed E-state index contributed by atoms with van der Waals surface area (Å²) in [5, 5.41) is 10.4. The van der Waals surface area contributed by atoms with E-state index in [0.29, 0.717) is 11.3 Å². The van der Waals surface area contributed by atoms with E-state index in [1.807, 2.05) is 0 Å². The molecule has 1 heterocycles. The quantitative estimate of drug-likeness (QED) is 0.933. The fraction of sp³-hybridized carbons (Fsp3) is 0.400. The molecule has 1 aliphatic rings. The highest BCUT2D eigenvalue weighted by Gasteiger charge is 2.31. The molecule has 5 heteroatoms. The van der Waals surface area contributed by atoms with Gasteiger partial charge in [-0.05, 0) is 30.9 Å². The van der Waals surface area contributed by atoms with E-state index < -0.39 is 11.9 Å². The van der Waals surface area contributed by atoms with Crippen molar-refractivity contribution in [1.29, 1.82) is 0 Å². The average molecular weight is 277 g/mol. The molecule has 1 atom stereocenters. The Bertz CT molecular complexity index is 648. The molecule has 1 fully saturated rings. The van der Waals surface area contributed by atoms with E-state index in [0.717, 1.165) is 12.8 Å². The Morgan fingerprint density at radius 1 is 1.55 bits per heavy atom. The zero-order valence-corrected chi connectivity index (χ0v) is 11.2. The molecule has 1 unspecified atom stereocenters. The number of halogens is 1. The summed E-state index contributed by atoms with van der Waals surface area (Å²) in [7, 11) is 1.61. The van der Waals surface area contributed by atoms with Crippen molar-refractivity contribution < 1.29 is 18.7 Å². The van der Waals surface area contributed by atoms with Crippen molar-refractivity contribution in [1.82, 2.24) is 4.90 Å². The largest absolute Gasteiger partial charge is 0.448 e. The first-order valence-corrected chi connectivity index (χ1v) is 6.68. The zero-order valence-electron chi connectivity index (χ0n) is 11.2. The van der Waals surface area contributed by atoms with Gasteiger partial charge in [-0.2, -0.15) is 0 Å². The number of carbonyl (C=O) groups excluding carboxylic acids is 1. The molecule has 20 heavy (non-hydrogen) atoms. The molecule has 2 aromatic rings. The van der Waals surface area contributed by atoms with Gasteiger partial charge >= 0.3 is 0 Å². The van der Waals surface area contributed by atoms with E-state index in [9.17, 15) is 14.3 Å². The highest BCUT2D eigenvalue weighted by atomic mass is 19.1. The van der Waals surface area contributed by atoms with Crippen LogP contribution in [0.15, 0.2) is 28.7 Å². The number of nitrogens with zero attached hydrogens (tertiary/aromatic N) is 1. The molecule has 1 N–H and O–H groups in total. The van der Waals surface area contributed by atoms with Crippen LogP contribution in [-0.4, -0.2) is 35.6 Å². The van der Waals surface area contributed by atoms with Crippen molar-refractivity contribution >= 4 is 16.9 Å². The number of benzene rings is 1. The summed E-state index contributed by atoms with van der Waals surface area (Å²) in [5.41, 5.74) is 0.0898. The van der Waals surface area contributed by atoms with E-state index >= 15 is 0 Å². The Morgan fingerprint density at radius 2 is 2.30 bits per heavy atom. The molecular formula is C15H16FNO3. The molecule has 1 amide bonds. The highest BCUT2D eigenvalue weighted by Crippen LogP contribution is 2.33. The number of hydrogen-bond donors (Lipinski definition) is 1.